The minimum atomic E-state index is -1.56. The summed E-state index contributed by atoms with van der Waals surface area (Å²) in [6.45, 7) is 14.1. The zero-order valence-corrected chi connectivity index (χ0v) is 23.3. The van der Waals surface area contributed by atoms with Crippen LogP contribution in [0.4, 0.5) is 0 Å². The number of rotatable bonds is 2. The van der Waals surface area contributed by atoms with Crippen LogP contribution in [0.15, 0.2) is 52.4 Å². The smallest absolute Gasteiger partial charge is 1.00 e. The van der Waals surface area contributed by atoms with E-state index in [0.29, 0.717) is 0 Å². The molecule has 0 bridgehead atoms. The summed E-state index contributed by atoms with van der Waals surface area (Å²) in [7, 11) is 0. The average molecular weight is 501 g/mol. The minimum absolute atomic E-state index is 0. The molecule has 3 aliphatic carbocycles. The van der Waals surface area contributed by atoms with Gasteiger partial charge in [0.25, 0.3) is 0 Å². The van der Waals surface area contributed by atoms with E-state index in [9.17, 15) is 0 Å². The summed E-state index contributed by atoms with van der Waals surface area (Å²) in [4.78, 5) is 0. The number of benzene rings is 2. The van der Waals surface area contributed by atoms with Crippen LogP contribution < -0.4 is 28.7 Å². The van der Waals surface area contributed by atoms with E-state index in [0.717, 1.165) is 6.42 Å². The third-order valence-corrected chi connectivity index (χ3v) is 12.0. The molecule has 1 saturated carbocycles. The maximum Gasteiger partial charge on any atom is -1.00 e. The van der Waals surface area contributed by atoms with E-state index in [2.05, 4.69) is 90.1 Å². The molecular formula is C29H34Cl2Ti. The standard InChI is InChI=1S/C21H25.C5H5.C3H4.2ClH.Ti/c1-20(2,3)16-9-7-14-11-15-8-10-17(21(4,5)6)13-19(15)18(14)12-16;1-2-4-5-3-1;1-2-3-1;;;/h7,9-10,12-13H,11H2,1-6H3;1-3H,4H2;1-2H2;2*1H;/q;;;;;+2/p-2. The van der Waals surface area contributed by atoms with Gasteiger partial charge in [0, 0.05) is 0 Å². The molecule has 168 valence electrons. The van der Waals surface area contributed by atoms with Gasteiger partial charge in [-0.1, -0.05) is 0 Å². The topological polar surface area (TPSA) is 0 Å². The van der Waals surface area contributed by atoms with Crippen molar-refractivity contribution in [1.82, 2.24) is 0 Å². The molecule has 5 rings (SSSR count). The molecule has 3 aliphatic rings. The zero-order valence-electron chi connectivity index (χ0n) is 20.2. The van der Waals surface area contributed by atoms with Gasteiger partial charge >= 0.3 is 189 Å². The second kappa shape index (κ2) is 9.03. The Labute approximate surface area is 212 Å². The molecule has 2 aromatic carbocycles. The van der Waals surface area contributed by atoms with Crippen molar-refractivity contribution in [3.63, 3.8) is 0 Å². The monoisotopic (exact) mass is 500 g/mol. The van der Waals surface area contributed by atoms with Crippen molar-refractivity contribution in [2.45, 2.75) is 78.1 Å². The zero-order chi connectivity index (χ0) is 21.3. The molecule has 0 unspecified atom stereocenters. The van der Waals surface area contributed by atoms with Gasteiger partial charge in [0.1, 0.15) is 0 Å². The van der Waals surface area contributed by atoms with Crippen LogP contribution in [0.1, 0.15) is 83.1 Å². The first-order valence-corrected chi connectivity index (χ1v) is 13.9. The van der Waals surface area contributed by atoms with Crippen LogP contribution in [0.2, 0.25) is 0 Å². The van der Waals surface area contributed by atoms with Gasteiger partial charge in [0.2, 0.25) is 0 Å². The van der Waals surface area contributed by atoms with E-state index in [-0.39, 0.29) is 35.6 Å². The van der Waals surface area contributed by atoms with Crippen molar-refractivity contribution in [1.29, 1.82) is 0 Å². The molecule has 0 aliphatic heterocycles. The first kappa shape index (κ1) is 25.7. The van der Waals surface area contributed by atoms with Crippen LogP contribution in [-0.2, 0) is 34.7 Å². The van der Waals surface area contributed by atoms with Crippen molar-refractivity contribution in [2.24, 2.45) is 0 Å². The molecule has 2 aromatic rings. The van der Waals surface area contributed by atoms with E-state index in [1.165, 1.54) is 47.1 Å². The van der Waals surface area contributed by atoms with E-state index in [4.69, 9.17) is 0 Å². The Balaban J connectivity index is 0.00000144. The Morgan fingerprint density at radius 1 is 0.781 bits per heavy atom. The quantitative estimate of drug-likeness (QED) is 0.459. The molecule has 0 saturated heterocycles. The minimum Gasteiger partial charge on any atom is -1.00 e. The number of hydrogen-bond donors (Lipinski definition) is 0. The number of halogens is 2. The summed E-state index contributed by atoms with van der Waals surface area (Å²) in [5.74, 6) is 0. The number of hydrogen-bond acceptors (Lipinski definition) is 0. The summed E-state index contributed by atoms with van der Waals surface area (Å²) in [5.41, 5.74) is 9.56. The maximum atomic E-state index is 2.63. The van der Waals surface area contributed by atoms with Crippen molar-refractivity contribution >= 4 is 7.68 Å². The van der Waals surface area contributed by atoms with Gasteiger partial charge in [-0.15, -0.1) is 0 Å². The summed E-state index contributed by atoms with van der Waals surface area (Å²) in [6, 6.07) is 12.4. The Bertz CT molecular complexity index is 1140. The Hall–Kier alpha value is -0.916. The molecule has 32 heavy (non-hydrogen) atoms. The van der Waals surface area contributed by atoms with Gasteiger partial charge in [-0.05, 0) is 0 Å². The molecule has 3 heteroatoms. The molecule has 0 nitrogen and oxygen atoms in total. The molecule has 0 N–H and O–H groups in total. The summed E-state index contributed by atoms with van der Waals surface area (Å²) in [6.07, 6.45) is 12.2. The molecule has 1 fully saturated rings. The Morgan fingerprint density at radius 2 is 1.44 bits per heavy atom. The fraction of sp³-hybridized carbons (Fsp3) is 0.414. The van der Waals surface area contributed by atoms with Crippen LogP contribution in [0.25, 0.3) is 11.1 Å². The first-order chi connectivity index (χ1) is 14.1. The molecule has 0 radical (unpaired) electrons. The molecule has 0 spiro atoms. The summed E-state index contributed by atoms with van der Waals surface area (Å²) < 4.78 is 5.43. The van der Waals surface area contributed by atoms with Crippen LogP contribution in [0.3, 0.4) is 0 Å². The fourth-order valence-electron chi connectivity index (χ4n) is 4.93. The SMILES string of the molecule is CC(C)(C)c1ccc2c(c1)-c1cc(C(C)(C)C)c[c]([Ti+2]([C]3=CC=CC3)=[C]3CC3)c1C2.[Cl-].[Cl-]. The number of fused-ring (bicyclic) bond motifs is 3. The van der Waals surface area contributed by atoms with Gasteiger partial charge in [-0.3, -0.25) is 0 Å². The van der Waals surface area contributed by atoms with Gasteiger partial charge < -0.3 is 24.8 Å². The van der Waals surface area contributed by atoms with Crippen LogP contribution >= 0.6 is 0 Å². The Morgan fingerprint density at radius 3 is 2.00 bits per heavy atom. The van der Waals surface area contributed by atoms with E-state index in [1.54, 1.807) is 13.3 Å². The van der Waals surface area contributed by atoms with Crippen molar-refractivity contribution in [3.05, 3.63) is 74.7 Å². The molecule has 0 amide bonds. The fourth-order valence-corrected chi connectivity index (χ4v) is 9.95. The molecular weight excluding hydrogens is 467 g/mol. The van der Waals surface area contributed by atoms with E-state index >= 15 is 0 Å². The molecule has 0 atom stereocenters. The van der Waals surface area contributed by atoms with Crippen LogP contribution in [0.5, 0.6) is 0 Å². The normalized spacial score (nSPS) is 15.8. The third-order valence-electron chi connectivity index (χ3n) is 6.96. The van der Waals surface area contributed by atoms with Gasteiger partial charge in [-0.25, -0.2) is 0 Å². The predicted octanol–water partition coefficient (Wildman–Crippen LogP) is 0.914. The second-order valence-electron chi connectivity index (χ2n) is 11.4. The van der Waals surface area contributed by atoms with E-state index in [1.807, 2.05) is 3.81 Å². The first-order valence-electron chi connectivity index (χ1n) is 11.5. The van der Waals surface area contributed by atoms with Gasteiger partial charge in [-0.2, -0.15) is 0 Å². The van der Waals surface area contributed by atoms with Gasteiger partial charge in [0.15, 0.2) is 0 Å². The van der Waals surface area contributed by atoms with Crippen LogP contribution in [0, 0.1) is 0 Å². The average Bonchev–Trinajstić information content (AvgIpc) is 3.21. The third kappa shape index (κ3) is 4.67. The van der Waals surface area contributed by atoms with E-state index < -0.39 is 17.4 Å². The van der Waals surface area contributed by atoms with Crippen molar-refractivity contribution < 1.29 is 42.2 Å². The summed E-state index contributed by atoms with van der Waals surface area (Å²) in [5, 5.41) is 0. The summed E-state index contributed by atoms with van der Waals surface area (Å²) >= 11 is -1.56. The van der Waals surface area contributed by atoms with Crippen molar-refractivity contribution in [3.8, 4) is 11.1 Å². The maximum absolute atomic E-state index is 2.63. The van der Waals surface area contributed by atoms with Crippen LogP contribution in [-0.4, -0.2) is 3.81 Å². The molecule has 0 heterocycles. The largest absolute Gasteiger partial charge is 1.00 e. The molecule has 0 aromatic heterocycles. The van der Waals surface area contributed by atoms with Crippen molar-refractivity contribution in [2.75, 3.05) is 0 Å². The predicted molar refractivity (Wildman–Crippen MR) is 128 cm³/mol. The number of allylic oxidation sites excluding steroid dienone is 4. The Kier molecular flexibility index (Phi) is 7.25. The second-order valence-corrected chi connectivity index (χ2v) is 15.5. The van der Waals surface area contributed by atoms with Gasteiger partial charge in [0.05, 0.1) is 0 Å².